The van der Waals surface area contributed by atoms with Crippen molar-refractivity contribution in [1.82, 2.24) is 10.2 Å². The Hall–Kier alpha value is -4.35. The molecule has 33 heavy (non-hydrogen) atoms. The van der Waals surface area contributed by atoms with E-state index in [2.05, 4.69) is 25.7 Å². The van der Waals surface area contributed by atoms with Crippen LogP contribution in [-0.4, -0.2) is 29.8 Å². The number of amides is 1. The molecule has 1 amide bonds. The largest absolute Gasteiger partial charge is 0.497 e. The van der Waals surface area contributed by atoms with Gasteiger partial charge in [0.25, 0.3) is 0 Å². The van der Waals surface area contributed by atoms with E-state index in [1.54, 1.807) is 19.2 Å². The molecular formula is C25H24N6O2. The maximum atomic E-state index is 13.1. The molecule has 1 aromatic heterocycles. The summed E-state index contributed by atoms with van der Waals surface area (Å²) >= 11 is 0. The van der Waals surface area contributed by atoms with E-state index in [1.165, 1.54) is 0 Å². The summed E-state index contributed by atoms with van der Waals surface area (Å²) in [4.78, 5) is 16.6. The molecule has 0 bridgehead atoms. The molecule has 0 saturated carbocycles. The monoisotopic (exact) mass is 440 g/mol. The van der Waals surface area contributed by atoms with Crippen molar-refractivity contribution in [2.45, 2.75) is 12.3 Å². The molecule has 1 unspecified atom stereocenters. The van der Waals surface area contributed by atoms with Crippen LogP contribution in [0.2, 0.25) is 0 Å². The number of hydrogen-bond acceptors (Lipinski definition) is 5. The Kier molecular flexibility index (Phi) is 6.53. The smallest absolute Gasteiger partial charge is 0.231 e. The van der Waals surface area contributed by atoms with Crippen molar-refractivity contribution < 1.29 is 9.53 Å². The van der Waals surface area contributed by atoms with Crippen LogP contribution in [0.15, 0.2) is 66.7 Å². The molecule has 4 rings (SSSR count). The Bertz CT molecular complexity index is 1320. The van der Waals surface area contributed by atoms with E-state index in [0.717, 1.165) is 22.2 Å². The molecule has 1 heterocycles. The van der Waals surface area contributed by atoms with Gasteiger partial charge in [-0.3, -0.25) is 9.89 Å². The van der Waals surface area contributed by atoms with Gasteiger partial charge in [-0.2, -0.15) is 5.10 Å². The average Bonchev–Trinajstić information content (AvgIpc) is 3.24. The fourth-order valence-corrected chi connectivity index (χ4v) is 3.68. The first-order valence-corrected chi connectivity index (χ1v) is 10.5. The minimum atomic E-state index is -0.404. The summed E-state index contributed by atoms with van der Waals surface area (Å²) in [5.41, 5.74) is 9.41. The van der Waals surface area contributed by atoms with Crippen LogP contribution < -0.4 is 21.1 Å². The van der Waals surface area contributed by atoms with Crippen molar-refractivity contribution in [1.29, 1.82) is 0 Å². The minimum absolute atomic E-state index is 0.143. The predicted octanol–water partition coefficient (Wildman–Crippen LogP) is 4.94. The van der Waals surface area contributed by atoms with Crippen LogP contribution in [0.1, 0.15) is 17.9 Å². The average molecular weight is 441 g/mol. The second-order valence-corrected chi connectivity index (χ2v) is 7.52. The number of methoxy groups -OCH3 is 1. The third-order valence-electron chi connectivity index (χ3n) is 5.34. The number of ether oxygens (including phenoxy) is 1. The van der Waals surface area contributed by atoms with Gasteiger partial charge in [0.2, 0.25) is 5.91 Å². The summed E-state index contributed by atoms with van der Waals surface area (Å²) in [7, 11) is 1.60. The van der Waals surface area contributed by atoms with Gasteiger partial charge in [-0.1, -0.05) is 24.3 Å². The SMILES string of the molecule is [C-]#[N+]c1cccc(Nc2n[nH]c3ccc(NC(=O)C(CCN)c4cccc(OC)c4)cc23)c1. The van der Waals surface area contributed by atoms with Gasteiger partial charge in [0, 0.05) is 16.8 Å². The van der Waals surface area contributed by atoms with E-state index >= 15 is 0 Å². The maximum absolute atomic E-state index is 13.1. The lowest BCUT2D eigenvalue weighted by molar-refractivity contribution is -0.117. The topological polar surface area (TPSA) is 109 Å². The Morgan fingerprint density at radius 3 is 2.79 bits per heavy atom. The fourth-order valence-electron chi connectivity index (χ4n) is 3.68. The molecule has 0 fully saturated rings. The van der Waals surface area contributed by atoms with Crippen LogP contribution in [0.4, 0.5) is 22.9 Å². The van der Waals surface area contributed by atoms with Gasteiger partial charge >= 0.3 is 0 Å². The number of fused-ring (bicyclic) bond motifs is 1. The summed E-state index contributed by atoms with van der Waals surface area (Å²) < 4.78 is 5.30. The van der Waals surface area contributed by atoms with Crippen molar-refractivity contribution in [3.8, 4) is 5.75 Å². The van der Waals surface area contributed by atoms with Crippen LogP contribution in [0, 0.1) is 6.57 Å². The first-order valence-electron chi connectivity index (χ1n) is 10.5. The van der Waals surface area contributed by atoms with Gasteiger partial charge in [0.15, 0.2) is 11.5 Å². The summed E-state index contributed by atoms with van der Waals surface area (Å²) in [6.45, 7) is 7.57. The number of anilines is 3. The zero-order valence-electron chi connectivity index (χ0n) is 18.1. The molecule has 4 aromatic rings. The summed E-state index contributed by atoms with van der Waals surface area (Å²) in [5, 5.41) is 14.4. The van der Waals surface area contributed by atoms with Crippen molar-refractivity contribution in [3.63, 3.8) is 0 Å². The first kappa shape index (κ1) is 21.9. The van der Waals surface area contributed by atoms with Gasteiger partial charge in [-0.05, 0) is 61.0 Å². The quantitative estimate of drug-likeness (QED) is 0.290. The lowest BCUT2D eigenvalue weighted by Gasteiger charge is -2.17. The zero-order valence-corrected chi connectivity index (χ0v) is 18.1. The minimum Gasteiger partial charge on any atom is -0.497 e. The summed E-state index contributed by atoms with van der Waals surface area (Å²) in [6, 6.07) is 20.2. The Morgan fingerprint density at radius 2 is 2.00 bits per heavy atom. The van der Waals surface area contributed by atoms with Gasteiger partial charge in [0.1, 0.15) is 5.75 Å². The maximum Gasteiger partial charge on any atom is 0.231 e. The highest BCUT2D eigenvalue weighted by Gasteiger charge is 2.21. The van der Waals surface area contributed by atoms with Crippen molar-refractivity contribution in [2.75, 3.05) is 24.3 Å². The highest BCUT2D eigenvalue weighted by atomic mass is 16.5. The zero-order chi connectivity index (χ0) is 23.2. The Labute approximate surface area is 191 Å². The van der Waals surface area contributed by atoms with Gasteiger partial charge < -0.3 is 21.1 Å². The van der Waals surface area contributed by atoms with Crippen molar-refractivity contribution in [2.24, 2.45) is 5.73 Å². The number of carbonyl (C=O) groups is 1. The van der Waals surface area contributed by atoms with E-state index in [1.807, 2.05) is 54.6 Å². The number of rotatable bonds is 8. The van der Waals surface area contributed by atoms with Gasteiger partial charge in [-0.25, -0.2) is 4.85 Å². The van der Waals surface area contributed by atoms with E-state index in [9.17, 15) is 4.79 Å². The van der Waals surface area contributed by atoms with Crippen LogP contribution in [0.25, 0.3) is 15.7 Å². The standard InChI is InChI=1S/C25H24N6O2/c1-27-17-6-4-7-18(14-17)28-24-22-15-19(9-10-23(22)30-31-24)29-25(32)21(11-12-26)16-5-3-8-20(13-16)33-2/h3-10,13-15,21H,11-12,26H2,2H3,(H,29,32)(H2,28,30,31). The third kappa shape index (κ3) is 4.95. The highest BCUT2D eigenvalue weighted by Crippen LogP contribution is 2.30. The summed E-state index contributed by atoms with van der Waals surface area (Å²) in [6.07, 6.45) is 0.511. The summed E-state index contributed by atoms with van der Waals surface area (Å²) in [5.74, 6) is 0.754. The molecule has 1 atom stereocenters. The first-order chi connectivity index (χ1) is 16.1. The van der Waals surface area contributed by atoms with Crippen LogP contribution in [-0.2, 0) is 4.79 Å². The number of nitrogens with two attached hydrogens (primary N) is 1. The number of nitrogens with one attached hydrogen (secondary N) is 3. The number of benzene rings is 3. The molecular weight excluding hydrogens is 416 g/mol. The van der Waals surface area contributed by atoms with E-state index in [4.69, 9.17) is 17.0 Å². The number of H-pyrrole nitrogens is 1. The number of nitrogens with zero attached hydrogens (tertiary/aromatic N) is 2. The van der Waals surface area contributed by atoms with E-state index < -0.39 is 5.92 Å². The number of hydrogen-bond donors (Lipinski definition) is 4. The number of aromatic nitrogens is 2. The second kappa shape index (κ2) is 9.85. The predicted molar refractivity (Wildman–Crippen MR) is 130 cm³/mol. The number of aromatic amines is 1. The molecule has 8 nitrogen and oxygen atoms in total. The van der Waals surface area contributed by atoms with Gasteiger partial charge in [-0.15, -0.1) is 0 Å². The van der Waals surface area contributed by atoms with Gasteiger partial charge in [0.05, 0.1) is 25.1 Å². The van der Waals surface area contributed by atoms with Crippen molar-refractivity contribution in [3.05, 3.63) is 83.7 Å². The third-order valence-corrected chi connectivity index (χ3v) is 5.34. The normalized spacial score (nSPS) is 11.5. The Morgan fingerprint density at radius 1 is 1.15 bits per heavy atom. The molecule has 3 aromatic carbocycles. The highest BCUT2D eigenvalue weighted by molar-refractivity contribution is 6.00. The van der Waals surface area contributed by atoms with Crippen LogP contribution in [0.3, 0.4) is 0 Å². The van der Waals surface area contributed by atoms with E-state index in [-0.39, 0.29) is 5.91 Å². The van der Waals surface area contributed by atoms with E-state index in [0.29, 0.717) is 35.9 Å². The van der Waals surface area contributed by atoms with Crippen LogP contribution in [0.5, 0.6) is 5.75 Å². The molecule has 0 aliphatic carbocycles. The fraction of sp³-hybridized carbons (Fsp3) is 0.160. The van der Waals surface area contributed by atoms with Crippen LogP contribution >= 0.6 is 0 Å². The lowest BCUT2D eigenvalue weighted by Crippen LogP contribution is -2.23. The molecule has 0 radical (unpaired) electrons. The molecule has 5 N–H and O–H groups in total. The lowest BCUT2D eigenvalue weighted by atomic mass is 9.94. The Balaban J connectivity index is 1.58. The molecule has 0 aliphatic rings. The molecule has 0 saturated heterocycles. The molecule has 0 aliphatic heterocycles. The molecule has 8 heteroatoms. The molecule has 166 valence electrons. The number of carbonyl (C=O) groups excluding carboxylic acids is 1. The van der Waals surface area contributed by atoms with Crippen molar-refractivity contribution >= 4 is 39.7 Å². The second-order valence-electron chi connectivity index (χ2n) is 7.52. The molecule has 0 spiro atoms.